The predicted molar refractivity (Wildman–Crippen MR) is 111 cm³/mol. The van der Waals surface area contributed by atoms with Crippen LogP contribution in [0.1, 0.15) is 16.1 Å². The normalized spacial score (nSPS) is 11.0. The number of rotatable bonds is 7. The molecule has 1 aromatic heterocycles. The zero-order chi connectivity index (χ0) is 21.7. The van der Waals surface area contributed by atoms with Crippen LogP contribution in [0.25, 0.3) is 0 Å². The minimum absolute atomic E-state index is 0.102. The topological polar surface area (TPSA) is 135 Å². The van der Waals surface area contributed by atoms with Crippen molar-refractivity contribution in [3.63, 3.8) is 0 Å². The number of sulfonamides is 1. The molecule has 3 aromatic rings. The van der Waals surface area contributed by atoms with Gasteiger partial charge in [-0.15, -0.1) is 11.3 Å². The quantitative estimate of drug-likeness (QED) is 0.374. The molecule has 0 aliphatic carbocycles. The van der Waals surface area contributed by atoms with E-state index < -0.39 is 21.9 Å². The molecule has 11 heteroatoms. The van der Waals surface area contributed by atoms with Crippen molar-refractivity contribution in [1.29, 1.82) is 0 Å². The van der Waals surface area contributed by atoms with Crippen molar-refractivity contribution < 1.29 is 27.9 Å². The first-order valence-corrected chi connectivity index (χ1v) is 10.9. The number of phenols is 1. The lowest BCUT2D eigenvalue weighted by molar-refractivity contribution is -0.115. The molecule has 9 nitrogen and oxygen atoms in total. The lowest BCUT2D eigenvalue weighted by Crippen LogP contribution is -2.15. The summed E-state index contributed by atoms with van der Waals surface area (Å²) in [5, 5.41) is 14.2. The molecule has 0 saturated carbocycles. The number of aromatic nitrogens is 1. The Morgan fingerprint density at radius 2 is 1.90 bits per heavy atom. The molecule has 0 radical (unpaired) electrons. The van der Waals surface area contributed by atoms with Crippen molar-refractivity contribution in [3.05, 3.63) is 65.2 Å². The number of nitrogens with zero attached hydrogens (tertiary/aromatic N) is 1. The molecule has 0 saturated heterocycles. The van der Waals surface area contributed by atoms with Crippen LogP contribution >= 0.6 is 11.3 Å². The van der Waals surface area contributed by atoms with E-state index in [1.54, 1.807) is 23.6 Å². The molecule has 156 valence electrons. The maximum Gasteiger partial charge on any atom is 0.337 e. The highest BCUT2D eigenvalue weighted by molar-refractivity contribution is 7.93. The summed E-state index contributed by atoms with van der Waals surface area (Å²) in [7, 11) is -2.55. The van der Waals surface area contributed by atoms with Crippen LogP contribution in [0, 0.1) is 0 Å². The second-order valence-corrected chi connectivity index (χ2v) is 8.55. The van der Waals surface area contributed by atoms with Gasteiger partial charge in [-0.25, -0.2) is 18.2 Å². The van der Waals surface area contributed by atoms with Gasteiger partial charge in [-0.1, -0.05) is 18.2 Å². The van der Waals surface area contributed by atoms with Gasteiger partial charge in [0.15, 0.2) is 5.13 Å². The van der Waals surface area contributed by atoms with E-state index in [-0.39, 0.29) is 33.4 Å². The molecular formula is C19H17N3O6S2. The van der Waals surface area contributed by atoms with Crippen molar-refractivity contribution in [2.24, 2.45) is 0 Å². The number of thiazole rings is 1. The van der Waals surface area contributed by atoms with Crippen molar-refractivity contribution in [1.82, 2.24) is 4.98 Å². The molecular weight excluding hydrogens is 430 g/mol. The van der Waals surface area contributed by atoms with Gasteiger partial charge >= 0.3 is 5.97 Å². The third-order valence-electron chi connectivity index (χ3n) is 3.86. The molecule has 3 N–H and O–H groups in total. The fourth-order valence-corrected chi connectivity index (χ4v) is 4.43. The van der Waals surface area contributed by atoms with Crippen LogP contribution in [-0.2, 0) is 26.0 Å². The van der Waals surface area contributed by atoms with E-state index in [4.69, 9.17) is 0 Å². The summed E-state index contributed by atoms with van der Waals surface area (Å²) in [4.78, 5) is 27.9. The van der Waals surface area contributed by atoms with Gasteiger partial charge in [0.25, 0.3) is 10.0 Å². The first-order valence-electron chi connectivity index (χ1n) is 8.52. The van der Waals surface area contributed by atoms with E-state index >= 15 is 0 Å². The van der Waals surface area contributed by atoms with E-state index in [9.17, 15) is 23.1 Å². The van der Waals surface area contributed by atoms with Crippen molar-refractivity contribution in [3.8, 4) is 5.75 Å². The van der Waals surface area contributed by atoms with Crippen LogP contribution in [-0.4, -0.2) is 37.5 Å². The van der Waals surface area contributed by atoms with Gasteiger partial charge in [0, 0.05) is 5.38 Å². The summed E-state index contributed by atoms with van der Waals surface area (Å²) >= 11 is 1.05. The highest BCUT2D eigenvalue weighted by atomic mass is 32.2. The van der Waals surface area contributed by atoms with E-state index in [0.717, 1.165) is 11.3 Å². The third kappa shape index (κ3) is 5.13. The lowest BCUT2D eigenvalue weighted by atomic mass is 10.2. The highest BCUT2D eigenvalue weighted by Crippen LogP contribution is 2.25. The van der Waals surface area contributed by atoms with Crippen LogP contribution < -0.4 is 10.0 Å². The number of anilines is 2. The molecule has 2 aromatic carbocycles. The van der Waals surface area contributed by atoms with Crippen LogP contribution in [0.3, 0.4) is 0 Å². The van der Waals surface area contributed by atoms with Crippen LogP contribution in [0.5, 0.6) is 5.75 Å². The van der Waals surface area contributed by atoms with Gasteiger partial charge in [-0.3, -0.25) is 9.52 Å². The second kappa shape index (κ2) is 8.93. The van der Waals surface area contributed by atoms with Gasteiger partial charge in [0.2, 0.25) is 5.91 Å². The number of phenolic OH excluding ortho intramolecular Hbond substituents is 1. The summed E-state index contributed by atoms with van der Waals surface area (Å²) < 4.78 is 31.6. The number of carbonyl (C=O) groups is 2. The zero-order valence-electron chi connectivity index (χ0n) is 15.7. The predicted octanol–water partition coefficient (Wildman–Crippen LogP) is 2.62. The molecule has 1 heterocycles. The van der Waals surface area contributed by atoms with E-state index in [1.807, 2.05) is 0 Å². The Kier molecular flexibility index (Phi) is 6.33. The Hall–Kier alpha value is -3.44. The standard InChI is InChI=1S/C19H17N3O6S2/c1-28-18(25)12-7-8-15(16(23)9-12)21-17(24)10-13-11-29-19(20-13)22-30(26,27)14-5-3-2-4-6-14/h2-9,11,23H,10H2,1H3,(H,20,22)(H,21,24). The number of nitrogens with one attached hydrogen (secondary N) is 2. The van der Waals surface area contributed by atoms with Crippen molar-refractivity contribution in [2.45, 2.75) is 11.3 Å². The number of benzene rings is 2. The molecule has 0 atom stereocenters. The number of hydrogen-bond donors (Lipinski definition) is 3. The Morgan fingerprint density at radius 3 is 2.57 bits per heavy atom. The summed E-state index contributed by atoms with van der Waals surface area (Å²) in [5.74, 6) is -1.38. The van der Waals surface area contributed by atoms with Gasteiger partial charge in [0.1, 0.15) is 5.75 Å². The fraction of sp³-hybridized carbons (Fsp3) is 0.105. The first-order chi connectivity index (χ1) is 14.3. The molecule has 1 amide bonds. The number of hydrogen-bond acceptors (Lipinski definition) is 8. The average Bonchev–Trinajstić information content (AvgIpc) is 3.15. The van der Waals surface area contributed by atoms with Gasteiger partial charge < -0.3 is 15.2 Å². The van der Waals surface area contributed by atoms with Gasteiger partial charge in [-0.05, 0) is 30.3 Å². The first kappa shape index (κ1) is 21.3. The SMILES string of the molecule is COC(=O)c1ccc(NC(=O)Cc2csc(NS(=O)(=O)c3ccccc3)n2)c(O)c1. The van der Waals surface area contributed by atoms with Gasteiger partial charge in [-0.2, -0.15) is 0 Å². The van der Waals surface area contributed by atoms with Crippen LogP contribution in [0.15, 0.2) is 58.8 Å². The average molecular weight is 447 g/mol. The van der Waals surface area contributed by atoms with E-state index in [0.29, 0.717) is 5.69 Å². The van der Waals surface area contributed by atoms with Crippen molar-refractivity contribution in [2.75, 3.05) is 17.1 Å². The number of esters is 1. The molecule has 3 rings (SSSR count). The molecule has 0 bridgehead atoms. The van der Waals surface area contributed by atoms with E-state index in [2.05, 4.69) is 19.8 Å². The third-order valence-corrected chi connectivity index (χ3v) is 6.15. The van der Waals surface area contributed by atoms with Crippen molar-refractivity contribution >= 4 is 44.1 Å². The largest absolute Gasteiger partial charge is 0.506 e. The molecule has 0 unspecified atom stereocenters. The van der Waals surface area contributed by atoms with Crippen LogP contribution in [0.2, 0.25) is 0 Å². The monoisotopic (exact) mass is 447 g/mol. The minimum Gasteiger partial charge on any atom is -0.506 e. The number of methoxy groups -OCH3 is 1. The molecule has 30 heavy (non-hydrogen) atoms. The summed E-state index contributed by atoms with van der Waals surface area (Å²) in [6, 6.07) is 11.8. The molecule has 0 fully saturated rings. The van der Waals surface area contributed by atoms with Crippen LogP contribution in [0.4, 0.5) is 10.8 Å². The lowest BCUT2D eigenvalue weighted by Gasteiger charge is -2.08. The van der Waals surface area contributed by atoms with Gasteiger partial charge in [0.05, 0.1) is 35.4 Å². The Balaban J connectivity index is 1.63. The highest BCUT2D eigenvalue weighted by Gasteiger charge is 2.17. The number of aromatic hydroxyl groups is 1. The summed E-state index contributed by atoms with van der Waals surface area (Å²) in [5.41, 5.74) is 0.615. The number of amides is 1. The smallest absolute Gasteiger partial charge is 0.337 e. The number of carbonyl (C=O) groups excluding carboxylic acids is 2. The minimum atomic E-state index is -3.77. The van der Waals surface area contributed by atoms with E-state index in [1.165, 1.54) is 37.4 Å². The molecule has 0 spiro atoms. The molecule has 0 aliphatic rings. The summed E-state index contributed by atoms with van der Waals surface area (Å²) in [6.07, 6.45) is -0.137. The maximum absolute atomic E-state index is 12.3. The second-order valence-electron chi connectivity index (χ2n) is 6.01. The zero-order valence-corrected chi connectivity index (χ0v) is 17.3. The Labute approximate surface area is 176 Å². The summed E-state index contributed by atoms with van der Waals surface area (Å²) in [6.45, 7) is 0. The Bertz CT molecular complexity index is 1180. The fourth-order valence-electron chi connectivity index (χ4n) is 2.45. The maximum atomic E-state index is 12.3. The molecule has 0 aliphatic heterocycles. The Morgan fingerprint density at radius 1 is 1.17 bits per heavy atom. The number of ether oxygens (including phenoxy) is 1.